The van der Waals surface area contributed by atoms with E-state index in [0.717, 1.165) is 38.2 Å². The number of rotatable bonds is 7. The predicted molar refractivity (Wildman–Crippen MR) is 66.4 cm³/mol. The smallest absolute Gasteiger partial charge is 0.137 e. The molecule has 0 amide bonds. The van der Waals surface area contributed by atoms with E-state index in [1.807, 2.05) is 12.1 Å². The highest BCUT2D eigenvalue weighted by Crippen LogP contribution is 2.21. The van der Waals surface area contributed by atoms with E-state index in [2.05, 4.69) is 18.8 Å². The van der Waals surface area contributed by atoms with Crippen LogP contribution in [-0.4, -0.2) is 18.1 Å². The summed E-state index contributed by atoms with van der Waals surface area (Å²) in [4.78, 5) is 3.99. The molecule has 0 aliphatic rings. The zero-order valence-corrected chi connectivity index (χ0v) is 10.3. The van der Waals surface area contributed by atoms with Gasteiger partial charge in [-0.2, -0.15) is 0 Å². The van der Waals surface area contributed by atoms with Crippen molar-refractivity contribution in [2.24, 2.45) is 11.1 Å². The third kappa shape index (κ3) is 5.12. The van der Waals surface area contributed by atoms with E-state index in [9.17, 15) is 0 Å². The molecule has 0 saturated carbocycles. The van der Waals surface area contributed by atoms with Crippen LogP contribution in [0.3, 0.4) is 0 Å². The lowest BCUT2D eigenvalue weighted by Crippen LogP contribution is -2.23. The van der Waals surface area contributed by atoms with Gasteiger partial charge in [0.05, 0.1) is 12.8 Å². The Kier molecular flexibility index (Phi) is 5.26. The maximum atomic E-state index is 5.67. The molecule has 0 fully saturated rings. The van der Waals surface area contributed by atoms with Crippen LogP contribution in [-0.2, 0) is 0 Å². The molecule has 0 aliphatic heterocycles. The Labute approximate surface area is 98.0 Å². The van der Waals surface area contributed by atoms with E-state index >= 15 is 0 Å². The third-order valence-corrected chi connectivity index (χ3v) is 2.70. The van der Waals surface area contributed by atoms with Crippen LogP contribution < -0.4 is 10.5 Å². The largest absolute Gasteiger partial charge is 0.492 e. The second-order valence-electron chi connectivity index (χ2n) is 4.86. The molecule has 0 aliphatic carbocycles. The highest BCUT2D eigenvalue weighted by atomic mass is 16.5. The summed E-state index contributed by atoms with van der Waals surface area (Å²) in [6.07, 6.45) is 6.86. The predicted octanol–water partition coefficient (Wildman–Crippen LogP) is 2.62. The van der Waals surface area contributed by atoms with Crippen molar-refractivity contribution in [2.75, 3.05) is 13.2 Å². The summed E-state index contributed by atoms with van der Waals surface area (Å²) in [7, 11) is 0. The Hall–Kier alpha value is -1.09. The van der Waals surface area contributed by atoms with Gasteiger partial charge in [0.1, 0.15) is 5.75 Å². The van der Waals surface area contributed by atoms with Crippen molar-refractivity contribution < 1.29 is 4.74 Å². The minimum absolute atomic E-state index is 0.258. The number of unbranched alkanes of at least 4 members (excludes halogenated alkanes) is 1. The van der Waals surface area contributed by atoms with E-state index in [1.54, 1.807) is 12.4 Å². The lowest BCUT2D eigenvalue weighted by Gasteiger charge is -2.21. The minimum atomic E-state index is 0.258. The molecule has 0 saturated heterocycles. The van der Waals surface area contributed by atoms with Gasteiger partial charge in [0.2, 0.25) is 0 Å². The van der Waals surface area contributed by atoms with E-state index in [1.165, 1.54) is 0 Å². The number of ether oxygens (including phenoxy) is 1. The molecular weight excluding hydrogens is 200 g/mol. The normalized spacial score (nSPS) is 11.4. The summed E-state index contributed by atoms with van der Waals surface area (Å²) >= 11 is 0. The zero-order chi connectivity index (χ0) is 11.9. The molecule has 0 bridgehead atoms. The molecule has 1 aromatic rings. The molecule has 2 N–H and O–H groups in total. The summed E-state index contributed by atoms with van der Waals surface area (Å²) in [6, 6.07) is 3.81. The topological polar surface area (TPSA) is 48.1 Å². The zero-order valence-electron chi connectivity index (χ0n) is 10.3. The van der Waals surface area contributed by atoms with Gasteiger partial charge in [0, 0.05) is 6.20 Å². The second kappa shape index (κ2) is 6.48. The first-order chi connectivity index (χ1) is 7.64. The molecule has 1 aromatic heterocycles. The van der Waals surface area contributed by atoms with Crippen LogP contribution in [0.15, 0.2) is 24.5 Å². The number of hydrogen-bond donors (Lipinski definition) is 1. The lowest BCUT2D eigenvalue weighted by atomic mass is 9.87. The van der Waals surface area contributed by atoms with Crippen LogP contribution in [0.5, 0.6) is 5.75 Å². The molecule has 0 aromatic carbocycles. The quantitative estimate of drug-likeness (QED) is 0.721. The highest BCUT2D eigenvalue weighted by molar-refractivity contribution is 5.15. The fraction of sp³-hybridized carbons (Fsp3) is 0.615. The minimum Gasteiger partial charge on any atom is -0.492 e. The SMILES string of the molecule is CC(C)(CN)CCCCOc1cccnc1. The third-order valence-electron chi connectivity index (χ3n) is 2.70. The monoisotopic (exact) mass is 222 g/mol. The van der Waals surface area contributed by atoms with Gasteiger partial charge >= 0.3 is 0 Å². The van der Waals surface area contributed by atoms with Gasteiger partial charge in [-0.3, -0.25) is 4.98 Å². The maximum absolute atomic E-state index is 5.67. The Balaban J connectivity index is 2.09. The van der Waals surface area contributed by atoms with Gasteiger partial charge < -0.3 is 10.5 Å². The fourth-order valence-electron chi connectivity index (χ4n) is 1.43. The Morgan fingerprint density at radius 2 is 2.19 bits per heavy atom. The number of nitrogens with two attached hydrogens (primary N) is 1. The average Bonchev–Trinajstić information content (AvgIpc) is 2.30. The summed E-state index contributed by atoms with van der Waals surface area (Å²) in [5.41, 5.74) is 5.93. The number of aromatic nitrogens is 1. The molecule has 16 heavy (non-hydrogen) atoms. The highest BCUT2D eigenvalue weighted by Gasteiger charge is 2.14. The first-order valence-corrected chi connectivity index (χ1v) is 5.87. The van der Waals surface area contributed by atoms with Crippen LogP contribution in [0.2, 0.25) is 0 Å². The first kappa shape index (κ1) is 13.0. The second-order valence-corrected chi connectivity index (χ2v) is 4.86. The Morgan fingerprint density at radius 3 is 2.81 bits per heavy atom. The molecule has 0 unspecified atom stereocenters. The van der Waals surface area contributed by atoms with Crippen molar-refractivity contribution in [2.45, 2.75) is 33.1 Å². The van der Waals surface area contributed by atoms with Crippen LogP contribution in [0.4, 0.5) is 0 Å². The number of nitrogens with zero attached hydrogens (tertiary/aromatic N) is 1. The van der Waals surface area contributed by atoms with Crippen molar-refractivity contribution in [3.8, 4) is 5.75 Å². The molecule has 0 radical (unpaired) electrons. The Morgan fingerprint density at radius 1 is 1.38 bits per heavy atom. The molecule has 1 rings (SSSR count). The van der Waals surface area contributed by atoms with Gasteiger partial charge in [-0.15, -0.1) is 0 Å². The summed E-state index contributed by atoms with van der Waals surface area (Å²) in [5, 5.41) is 0. The van der Waals surface area contributed by atoms with Crippen LogP contribution >= 0.6 is 0 Å². The Bertz CT molecular complexity index is 285. The molecular formula is C13H22N2O. The van der Waals surface area contributed by atoms with Crippen molar-refractivity contribution in [1.82, 2.24) is 4.98 Å². The molecule has 0 spiro atoms. The molecule has 0 atom stereocenters. The lowest BCUT2D eigenvalue weighted by molar-refractivity contribution is 0.278. The summed E-state index contributed by atoms with van der Waals surface area (Å²) in [6.45, 7) is 5.91. The van der Waals surface area contributed by atoms with E-state index in [0.29, 0.717) is 0 Å². The first-order valence-electron chi connectivity index (χ1n) is 5.87. The summed E-state index contributed by atoms with van der Waals surface area (Å²) < 4.78 is 5.56. The van der Waals surface area contributed by atoms with Gasteiger partial charge in [0.15, 0.2) is 0 Å². The van der Waals surface area contributed by atoms with E-state index < -0.39 is 0 Å². The van der Waals surface area contributed by atoms with Gasteiger partial charge in [-0.1, -0.05) is 13.8 Å². The van der Waals surface area contributed by atoms with Gasteiger partial charge in [-0.05, 0) is 43.4 Å². The molecule has 3 nitrogen and oxygen atoms in total. The van der Waals surface area contributed by atoms with Crippen LogP contribution in [0, 0.1) is 5.41 Å². The summed E-state index contributed by atoms with van der Waals surface area (Å²) in [5.74, 6) is 0.848. The maximum Gasteiger partial charge on any atom is 0.137 e. The number of hydrogen-bond acceptors (Lipinski definition) is 3. The van der Waals surface area contributed by atoms with Crippen LogP contribution in [0.1, 0.15) is 33.1 Å². The van der Waals surface area contributed by atoms with E-state index in [-0.39, 0.29) is 5.41 Å². The molecule has 1 heterocycles. The van der Waals surface area contributed by atoms with Crippen molar-refractivity contribution >= 4 is 0 Å². The fourth-order valence-corrected chi connectivity index (χ4v) is 1.43. The van der Waals surface area contributed by atoms with Crippen molar-refractivity contribution in [3.63, 3.8) is 0 Å². The van der Waals surface area contributed by atoms with Gasteiger partial charge in [0.25, 0.3) is 0 Å². The number of pyridine rings is 1. The van der Waals surface area contributed by atoms with Crippen molar-refractivity contribution in [3.05, 3.63) is 24.5 Å². The molecule has 3 heteroatoms. The van der Waals surface area contributed by atoms with Crippen molar-refractivity contribution in [1.29, 1.82) is 0 Å². The average molecular weight is 222 g/mol. The standard InChI is InChI=1S/C13H22N2O/c1-13(2,11-14)7-3-4-9-16-12-6-5-8-15-10-12/h5-6,8,10H,3-4,7,9,11,14H2,1-2H3. The van der Waals surface area contributed by atoms with Gasteiger partial charge in [-0.25, -0.2) is 0 Å². The molecule has 90 valence electrons. The van der Waals surface area contributed by atoms with E-state index in [4.69, 9.17) is 10.5 Å². The van der Waals surface area contributed by atoms with Crippen LogP contribution in [0.25, 0.3) is 0 Å².